The smallest absolute Gasteiger partial charge is 0.271 e. The molecule has 1 atom stereocenters. The lowest BCUT2D eigenvalue weighted by Crippen LogP contribution is -2.29. The van der Waals surface area contributed by atoms with Crippen molar-refractivity contribution in [2.24, 2.45) is 4.99 Å². The SMILES string of the molecule is CC(C)/N=C1\S/C(=C\c2ccc(OCC(O)CO)cc2)C(=O)N1c1ccccc1. The highest BCUT2D eigenvalue weighted by Crippen LogP contribution is 2.36. The van der Waals surface area contributed by atoms with Crippen LogP contribution in [0.25, 0.3) is 6.08 Å². The summed E-state index contributed by atoms with van der Waals surface area (Å²) < 4.78 is 5.41. The monoisotopic (exact) mass is 412 g/mol. The van der Waals surface area contributed by atoms with E-state index in [9.17, 15) is 9.90 Å². The number of aliphatic hydroxyl groups is 2. The van der Waals surface area contributed by atoms with Crippen molar-refractivity contribution >= 4 is 34.6 Å². The predicted molar refractivity (Wildman–Crippen MR) is 117 cm³/mol. The molecular formula is C22H24N2O4S. The summed E-state index contributed by atoms with van der Waals surface area (Å²) in [6.07, 6.45) is 0.921. The number of hydrogen-bond acceptors (Lipinski definition) is 6. The van der Waals surface area contributed by atoms with Gasteiger partial charge in [-0.25, -0.2) is 0 Å². The third-order valence-corrected chi connectivity index (χ3v) is 5.00. The lowest BCUT2D eigenvalue weighted by atomic mass is 10.2. The fraction of sp³-hybridized carbons (Fsp3) is 0.273. The number of carbonyl (C=O) groups is 1. The van der Waals surface area contributed by atoms with Gasteiger partial charge in [-0.05, 0) is 61.5 Å². The Kier molecular flexibility index (Phi) is 7.09. The second-order valence-electron chi connectivity index (χ2n) is 6.81. The average molecular weight is 413 g/mol. The Hall–Kier alpha value is -2.61. The molecule has 0 bridgehead atoms. The van der Waals surface area contributed by atoms with E-state index >= 15 is 0 Å². The minimum absolute atomic E-state index is 0.0202. The van der Waals surface area contributed by atoms with Crippen molar-refractivity contribution in [2.45, 2.75) is 26.0 Å². The summed E-state index contributed by atoms with van der Waals surface area (Å²) in [5.41, 5.74) is 1.65. The van der Waals surface area contributed by atoms with Crippen LogP contribution in [0.4, 0.5) is 5.69 Å². The molecule has 1 saturated heterocycles. The number of thioether (sulfide) groups is 1. The highest BCUT2D eigenvalue weighted by molar-refractivity contribution is 8.19. The first-order valence-corrected chi connectivity index (χ1v) is 10.2. The highest BCUT2D eigenvalue weighted by atomic mass is 32.2. The van der Waals surface area contributed by atoms with E-state index < -0.39 is 6.10 Å². The normalized spacial score (nSPS) is 18.1. The van der Waals surface area contributed by atoms with Gasteiger partial charge in [-0.15, -0.1) is 0 Å². The number of para-hydroxylation sites is 1. The van der Waals surface area contributed by atoms with Gasteiger partial charge in [-0.3, -0.25) is 14.7 Å². The van der Waals surface area contributed by atoms with E-state index in [0.29, 0.717) is 15.8 Å². The minimum atomic E-state index is -0.910. The van der Waals surface area contributed by atoms with Crippen LogP contribution in [0.15, 0.2) is 64.5 Å². The van der Waals surface area contributed by atoms with Crippen LogP contribution in [0, 0.1) is 0 Å². The molecule has 0 aliphatic carbocycles. The van der Waals surface area contributed by atoms with Gasteiger partial charge in [0.1, 0.15) is 18.5 Å². The van der Waals surface area contributed by atoms with Gasteiger partial charge >= 0.3 is 0 Å². The summed E-state index contributed by atoms with van der Waals surface area (Å²) in [6.45, 7) is 3.64. The number of aliphatic hydroxyl groups excluding tert-OH is 2. The van der Waals surface area contributed by atoms with Gasteiger partial charge in [0.25, 0.3) is 5.91 Å². The van der Waals surface area contributed by atoms with E-state index in [1.165, 1.54) is 11.8 Å². The fourth-order valence-electron chi connectivity index (χ4n) is 2.64. The van der Waals surface area contributed by atoms with Gasteiger partial charge in [0.15, 0.2) is 5.17 Å². The quantitative estimate of drug-likeness (QED) is 0.682. The largest absolute Gasteiger partial charge is 0.491 e. The van der Waals surface area contributed by atoms with E-state index in [2.05, 4.69) is 4.99 Å². The van der Waals surface area contributed by atoms with Crippen LogP contribution in [0.2, 0.25) is 0 Å². The molecule has 1 aliphatic rings. The summed E-state index contributed by atoms with van der Waals surface area (Å²) in [6, 6.07) is 16.8. The maximum Gasteiger partial charge on any atom is 0.271 e. The van der Waals surface area contributed by atoms with Crippen molar-refractivity contribution in [1.82, 2.24) is 0 Å². The standard InChI is InChI=1S/C22H24N2O4S/c1-15(2)23-22-24(17-6-4-3-5-7-17)21(27)20(29-22)12-16-8-10-19(11-9-16)28-14-18(26)13-25/h3-12,15,18,25-26H,13-14H2,1-2H3/b20-12-,23-22-. The Bertz CT molecular complexity index is 895. The molecular weight excluding hydrogens is 388 g/mol. The number of nitrogens with zero attached hydrogens (tertiary/aromatic N) is 2. The van der Waals surface area contributed by atoms with Crippen LogP contribution in [-0.4, -0.2) is 46.6 Å². The first-order chi connectivity index (χ1) is 14.0. The lowest BCUT2D eigenvalue weighted by Gasteiger charge is -2.16. The zero-order chi connectivity index (χ0) is 20.8. The Morgan fingerprint density at radius 3 is 2.45 bits per heavy atom. The molecule has 1 fully saturated rings. The number of ether oxygens (including phenoxy) is 1. The van der Waals surface area contributed by atoms with Crippen LogP contribution in [0.1, 0.15) is 19.4 Å². The topological polar surface area (TPSA) is 82.4 Å². The van der Waals surface area contributed by atoms with E-state index in [1.807, 2.05) is 62.4 Å². The van der Waals surface area contributed by atoms with Crippen molar-refractivity contribution in [3.8, 4) is 5.75 Å². The molecule has 3 rings (SSSR count). The number of anilines is 1. The molecule has 0 aromatic heterocycles. The Morgan fingerprint density at radius 1 is 1.14 bits per heavy atom. The maximum atomic E-state index is 13.1. The van der Waals surface area contributed by atoms with Gasteiger partial charge in [0.2, 0.25) is 0 Å². The molecule has 2 aromatic carbocycles. The van der Waals surface area contributed by atoms with Crippen LogP contribution < -0.4 is 9.64 Å². The summed E-state index contributed by atoms with van der Waals surface area (Å²) in [7, 11) is 0. The summed E-state index contributed by atoms with van der Waals surface area (Å²) in [5.74, 6) is 0.477. The van der Waals surface area contributed by atoms with Crippen molar-refractivity contribution in [3.63, 3.8) is 0 Å². The molecule has 2 N–H and O–H groups in total. The lowest BCUT2D eigenvalue weighted by molar-refractivity contribution is -0.113. The fourth-order valence-corrected chi connectivity index (χ4v) is 3.76. The highest BCUT2D eigenvalue weighted by Gasteiger charge is 2.34. The number of amidine groups is 1. The molecule has 2 aromatic rings. The molecule has 1 aliphatic heterocycles. The zero-order valence-corrected chi connectivity index (χ0v) is 17.2. The molecule has 152 valence electrons. The molecule has 29 heavy (non-hydrogen) atoms. The number of rotatable bonds is 7. The molecule has 7 heteroatoms. The zero-order valence-electron chi connectivity index (χ0n) is 16.4. The Morgan fingerprint density at radius 2 is 1.83 bits per heavy atom. The van der Waals surface area contributed by atoms with E-state index in [4.69, 9.17) is 9.84 Å². The molecule has 0 spiro atoms. The van der Waals surface area contributed by atoms with Crippen LogP contribution in [0.5, 0.6) is 5.75 Å². The molecule has 1 amide bonds. The van der Waals surface area contributed by atoms with Crippen molar-refractivity contribution in [3.05, 3.63) is 65.1 Å². The number of amides is 1. The van der Waals surface area contributed by atoms with Gasteiger partial charge < -0.3 is 14.9 Å². The van der Waals surface area contributed by atoms with Crippen LogP contribution >= 0.6 is 11.8 Å². The number of benzene rings is 2. The summed E-state index contributed by atoms with van der Waals surface area (Å²) in [5, 5.41) is 18.9. The number of hydrogen-bond donors (Lipinski definition) is 2. The number of aliphatic imine (C=N–C) groups is 1. The third kappa shape index (κ3) is 5.47. The molecule has 6 nitrogen and oxygen atoms in total. The first kappa shape index (κ1) is 21.1. The molecule has 1 heterocycles. The van der Waals surface area contributed by atoms with Gasteiger partial charge in [-0.2, -0.15) is 0 Å². The van der Waals surface area contributed by atoms with Gasteiger partial charge in [-0.1, -0.05) is 30.3 Å². The first-order valence-electron chi connectivity index (χ1n) is 9.36. The summed E-state index contributed by atoms with van der Waals surface area (Å²) in [4.78, 5) is 19.9. The predicted octanol–water partition coefficient (Wildman–Crippen LogP) is 3.30. The third-order valence-electron chi connectivity index (χ3n) is 4.02. The average Bonchev–Trinajstić information content (AvgIpc) is 3.01. The van der Waals surface area contributed by atoms with Gasteiger partial charge in [0.05, 0.1) is 17.2 Å². The van der Waals surface area contributed by atoms with Crippen LogP contribution in [0.3, 0.4) is 0 Å². The van der Waals surface area contributed by atoms with Crippen molar-refractivity contribution in [1.29, 1.82) is 0 Å². The Labute approximate surface area is 174 Å². The van der Waals surface area contributed by atoms with E-state index in [-0.39, 0.29) is 25.2 Å². The molecule has 0 radical (unpaired) electrons. The molecule has 0 saturated carbocycles. The van der Waals surface area contributed by atoms with Crippen molar-refractivity contribution in [2.75, 3.05) is 18.1 Å². The van der Waals surface area contributed by atoms with Gasteiger partial charge in [0, 0.05) is 6.04 Å². The molecule has 1 unspecified atom stereocenters. The van der Waals surface area contributed by atoms with E-state index in [1.54, 1.807) is 17.0 Å². The second-order valence-corrected chi connectivity index (χ2v) is 7.82. The minimum Gasteiger partial charge on any atom is -0.491 e. The maximum absolute atomic E-state index is 13.1. The van der Waals surface area contributed by atoms with Crippen LogP contribution in [-0.2, 0) is 4.79 Å². The number of carbonyl (C=O) groups excluding carboxylic acids is 1. The van der Waals surface area contributed by atoms with E-state index in [0.717, 1.165) is 11.3 Å². The Balaban J connectivity index is 1.81. The van der Waals surface area contributed by atoms with Crippen molar-refractivity contribution < 1.29 is 19.7 Å². The second kappa shape index (κ2) is 9.73. The summed E-state index contributed by atoms with van der Waals surface area (Å²) >= 11 is 1.36.